The molecule has 3 aromatic rings. The van der Waals surface area contributed by atoms with Crippen LogP contribution in [0.2, 0.25) is 5.15 Å². The van der Waals surface area contributed by atoms with Crippen LogP contribution in [0.5, 0.6) is 5.75 Å². The minimum atomic E-state index is -0.0527. The van der Waals surface area contributed by atoms with Crippen LogP contribution in [-0.2, 0) is 11.2 Å². The highest BCUT2D eigenvalue weighted by atomic mass is 35.5. The number of ether oxygens (including phenoxy) is 1. The molecule has 7 nitrogen and oxygen atoms in total. The third kappa shape index (κ3) is 4.49. The molecule has 4 rings (SSSR count). The van der Waals surface area contributed by atoms with Gasteiger partial charge in [-0.3, -0.25) is 4.79 Å². The summed E-state index contributed by atoms with van der Waals surface area (Å²) in [7, 11) is 0. The van der Waals surface area contributed by atoms with Gasteiger partial charge < -0.3 is 15.4 Å². The molecule has 0 fully saturated rings. The van der Waals surface area contributed by atoms with Crippen LogP contribution in [0.3, 0.4) is 0 Å². The fourth-order valence-corrected chi connectivity index (χ4v) is 4.14. The Morgan fingerprint density at radius 2 is 2.17 bits per heavy atom. The number of nitrogens with zero attached hydrogens (tertiary/aromatic N) is 3. The Hall–Kier alpha value is -2.71. The molecule has 1 aliphatic rings. The smallest absolute Gasteiger partial charge is 0.217 e. The van der Waals surface area contributed by atoms with E-state index in [0.717, 1.165) is 29.0 Å². The molecule has 1 unspecified atom stereocenters. The van der Waals surface area contributed by atoms with Crippen molar-refractivity contribution in [1.29, 1.82) is 0 Å². The van der Waals surface area contributed by atoms with Crippen molar-refractivity contribution in [3.05, 3.63) is 46.2 Å². The fraction of sp³-hybridized carbons (Fsp3) is 0.300. The largest absolute Gasteiger partial charge is 0.493 e. The fourth-order valence-electron chi connectivity index (χ4n) is 3.21. The molecule has 1 aromatic carbocycles. The number of carbonyl (C=O) groups excluding carboxylic acids is 1. The van der Waals surface area contributed by atoms with Crippen LogP contribution in [0.1, 0.15) is 37.7 Å². The number of hydrogen-bond acceptors (Lipinski definition) is 7. The van der Waals surface area contributed by atoms with E-state index in [1.807, 2.05) is 30.5 Å². The van der Waals surface area contributed by atoms with Gasteiger partial charge in [0.05, 0.1) is 18.3 Å². The van der Waals surface area contributed by atoms with Crippen molar-refractivity contribution >= 4 is 39.8 Å². The summed E-state index contributed by atoms with van der Waals surface area (Å²) in [6.45, 7) is 4.09. The lowest BCUT2D eigenvalue weighted by Crippen LogP contribution is -2.30. The number of anilines is 2. The second kappa shape index (κ2) is 8.34. The molecule has 29 heavy (non-hydrogen) atoms. The van der Waals surface area contributed by atoms with Crippen LogP contribution < -0.4 is 15.4 Å². The van der Waals surface area contributed by atoms with Crippen LogP contribution in [0.25, 0.3) is 11.3 Å². The number of carbonyl (C=O) groups is 1. The number of benzene rings is 1. The predicted octanol–water partition coefficient (Wildman–Crippen LogP) is 4.52. The van der Waals surface area contributed by atoms with Gasteiger partial charge in [0.2, 0.25) is 5.91 Å². The van der Waals surface area contributed by atoms with E-state index in [1.54, 1.807) is 6.07 Å². The van der Waals surface area contributed by atoms with Gasteiger partial charge in [0.15, 0.2) is 5.13 Å². The van der Waals surface area contributed by atoms with Gasteiger partial charge in [-0.1, -0.05) is 18.5 Å². The van der Waals surface area contributed by atoms with Crippen LogP contribution in [0, 0.1) is 0 Å². The van der Waals surface area contributed by atoms with Crippen molar-refractivity contribution in [3.63, 3.8) is 0 Å². The normalized spacial score (nSPS) is 15.3. The molecule has 150 valence electrons. The van der Waals surface area contributed by atoms with Gasteiger partial charge in [-0.15, -0.1) is 11.3 Å². The molecule has 2 N–H and O–H groups in total. The van der Waals surface area contributed by atoms with Crippen molar-refractivity contribution in [2.75, 3.05) is 11.9 Å². The van der Waals surface area contributed by atoms with Gasteiger partial charge in [0.1, 0.15) is 22.5 Å². The number of rotatable bonds is 5. The average molecular weight is 430 g/mol. The molecule has 0 spiro atoms. The van der Waals surface area contributed by atoms with Crippen LogP contribution in [-0.4, -0.2) is 27.5 Å². The first-order chi connectivity index (χ1) is 14.0. The molecule has 1 amide bonds. The van der Waals surface area contributed by atoms with E-state index in [2.05, 4.69) is 25.6 Å². The second-order valence-corrected chi connectivity index (χ2v) is 7.90. The molecular formula is C20H20ClN5O2S. The lowest BCUT2D eigenvalue weighted by atomic mass is 9.97. The third-order valence-corrected chi connectivity index (χ3v) is 5.47. The average Bonchev–Trinajstić information content (AvgIpc) is 3.15. The number of halogens is 1. The lowest BCUT2D eigenvalue weighted by Gasteiger charge is -2.26. The third-order valence-electron chi connectivity index (χ3n) is 4.52. The first-order valence-electron chi connectivity index (χ1n) is 9.32. The second-order valence-electron chi connectivity index (χ2n) is 6.65. The molecule has 9 heteroatoms. The summed E-state index contributed by atoms with van der Waals surface area (Å²) in [5, 5.41) is 9.28. The molecule has 2 aromatic heterocycles. The number of thiazole rings is 1. The van der Waals surface area contributed by atoms with Gasteiger partial charge in [0.25, 0.3) is 0 Å². The molecule has 0 aliphatic carbocycles. The number of aromatic nitrogens is 3. The highest BCUT2D eigenvalue weighted by Gasteiger charge is 2.23. The molecule has 0 bridgehead atoms. The predicted molar refractivity (Wildman–Crippen MR) is 114 cm³/mol. The maximum atomic E-state index is 11.5. The standard InChI is InChI=1S/C20H20ClN5O2S/c1-3-18-24-17(21)9-19(25-18)26-20-23-15(10-29-20)12-4-5-16-13(8-12)14(6-7-28-16)22-11(2)27/h4-5,8-10,14H,3,6-7H2,1-2H3,(H,22,27)(H,23,24,25,26). The summed E-state index contributed by atoms with van der Waals surface area (Å²) in [4.78, 5) is 24.8. The first kappa shape index (κ1) is 19.6. The van der Waals surface area contributed by atoms with E-state index in [-0.39, 0.29) is 11.9 Å². The highest BCUT2D eigenvalue weighted by Crippen LogP contribution is 2.36. The van der Waals surface area contributed by atoms with E-state index < -0.39 is 0 Å². The van der Waals surface area contributed by atoms with Gasteiger partial charge >= 0.3 is 0 Å². The van der Waals surface area contributed by atoms with Crippen molar-refractivity contribution in [2.45, 2.75) is 32.7 Å². The first-order valence-corrected chi connectivity index (χ1v) is 10.6. The monoisotopic (exact) mass is 429 g/mol. The van der Waals surface area contributed by atoms with Crippen molar-refractivity contribution < 1.29 is 9.53 Å². The van der Waals surface area contributed by atoms with Gasteiger partial charge in [-0.25, -0.2) is 15.0 Å². The van der Waals surface area contributed by atoms with Crippen molar-refractivity contribution in [2.24, 2.45) is 0 Å². The van der Waals surface area contributed by atoms with Gasteiger partial charge in [0, 0.05) is 42.3 Å². The van der Waals surface area contributed by atoms with Gasteiger partial charge in [-0.2, -0.15) is 0 Å². The Labute approximate surface area is 177 Å². The summed E-state index contributed by atoms with van der Waals surface area (Å²) in [6, 6.07) is 7.57. The van der Waals surface area contributed by atoms with Crippen LogP contribution in [0.15, 0.2) is 29.6 Å². The highest BCUT2D eigenvalue weighted by molar-refractivity contribution is 7.14. The van der Waals surface area contributed by atoms with Crippen LogP contribution in [0.4, 0.5) is 10.9 Å². The topological polar surface area (TPSA) is 89.0 Å². The minimum absolute atomic E-state index is 0.0524. The molecule has 1 atom stereocenters. The molecular weight excluding hydrogens is 410 g/mol. The van der Waals surface area contributed by atoms with Crippen LogP contribution >= 0.6 is 22.9 Å². The van der Waals surface area contributed by atoms with E-state index in [0.29, 0.717) is 35.0 Å². The Morgan fingerprint density at radius 3 is 2.97 bits per heavy atom. The maximum Gasteiger partial charge on any atom is 0.217 e. The number of amides is 1. The molecule has 0 saturated carbocycles. The summed E-state index contributed by atoms with van der Waals surface area (Å²) in [6.07, 6.45) is 1.44. The van der Waals surface area contributed by atoms with E-state index in [4.69, 9.17) is 16.3 Å². The summed E-state index contributed by atoms with van der Waals surface area (Å²) >= 11 is 7.54. The zero-order valence-electron chi connectivity index (χ0n) is 16.0. The zero-order valence-corrected chi connectivity index (χ0v) is 17.6. The number of hydrogen-bond donors (Lipinski definition) is 2. The van der Waals surface area contributed by atoms with Gasteiger partial charge in [-0.05, 0) is 18.2 Å². The SMILES string of the molecule is CCc1nc(Cl)cc(Nc2nc(-c3ccc4c(c3)C(NC(C)=O)CCO4)cs2)n1. The molecule has 1 aliphatic heterocycles. The number of nitrogens with one attached hydrogen (secondary N) is 2. The maximum absolute atomic E-state index is 11.5. The van der Waals surface area contributed by atoms with Crippen molar-refractivity contribution in [1.82, 2.24) is 20.3 Å². The molecule has 0 radical (unpaired) electrons. The summed E-state index contributed by atoms with van der Waals surface area (Å²) in [5.74, 6) is 2.04. The Bertz CT molecular complexity index is 1060. The minimum Gasteiger partial charge on any atom is -0.493 e. The number of aryl methyl sites for hydroxylation is 1. The van der Waals surface area contributed by atoms with E-state index in [1.165, 1.54) is 18.3 Å². The Morgan fingerprint density at radius 1 is 1.31 bits per heavy atom. The van der Waals surface area contributed by atoms with E-state index >= 15 is 0 Å². The van der Waals surface area contributed by atoms with E-state index in [9.17, 15) is 4.79 Å². The molecule has 3 heterocycles. The Kier molecular flexibility index (Phi) is 5.64. The Balaban J connectivity index is 1.58. The van der Waals surface area contributed by atoms with Crippen molar-refractivity contribution in [3.8, 4) is 17.0 Å². The zero-order chi connectivity index (χ0) is 20.4. The molecule has 0 saturated heterocycles. The number of fused-ring (bicyclic) bond motifs is 1. The summed E-state index contributed by atoms with van der Waals surface area (Å²) in [5.41, 5.74) is 2.77. The quantitative estimate of drug-likeness (QED) is 0.579. The lowest BCUT2D eigenvalue weighted by molar-refractivity contribution is -0.119. The summed E-state index contributed by atoms with van der Waals surface area (Å²) < 4.78 is 5.74.